The first-order valence-electron chi connectivity index (χ1n) is 6.23. The maximum Gasteiger partial charge on any atom is 0.248 e. The van der Waals surface area contributed by atoms with Crippen molar-refractivity contribution in [2.45, 2.75) is 6.92 Å². The normalized spacial score (nSPS) is 10.5. The van der Waals surface area contributed by atoms with E-state index in [1.165, 1.54) is 6.08 Å². The van der Waals surface area contributed by atoms with Crippen LogP contribution in [0.5, 0.6) is 5.75 Å². The Morgan fingerprint density at radius 1 is 1.30 bits per heavy atom. The number of pyridine rings is 1. The van der Waals surface area contributed by atoms with Gasteiger partial charge >= 0.3 is 0 Å². The highest BCUT2D eigenvalue weighted by Gasteiger charge is 1.98. The Morgan fingerprint density at radius 2 is 2.15 bits per heavy atom. The number of aromatic nitrogens is 1. The van der Waals surface area contributed by atoms with Crippen molar-refractivity contribution in [1.82, 2.24) is 4.98 Å². The van der Waals surface area contributed by atoms with Gasteiger partial charge in [0.25, 0.3) is 0 Å². The van der Waals surface area contributed by atoms with Crippen molar-refractivity contribution in [3.8, 4) is 5.75 Å². The first kappa shape index (κ1) is 13.8. The summed E-state index contributed by atoms with van der Waals surface area (Å²) in [7, 11) is 1.61. The largest absolute Gasteiger partial charge is 0.497 e. The van der Waals surface area contributed by atoms with Crippen LogP contribution in [0.1, 0.15) is 11.3 Å². The van der Waals surface area contributed by atoms with E-state index in [0.29, 0.717) is 0 Å². The second kappa shape index (κ2) is 6.52. The molecule has 0 saturated carbocycles. The molecule has 2 rings (SSSR count). The van der Waals surface area contributed by atoms with E-state index in [4.69, 9.17) is 4.74 Å². The third-order valence-electron chi connectivity index (χ3n) is 2.69. The summed E-state index contributed by atoms with van der Waals surface area (Å²) in [5, 5.41) is 2.78. The number of ether oxygens (including phenoxy) is 1. The molecule has 0 spiro atoms. The predicted molar refractivity (Wildman–Crippen MR) is 79.6 cm³/mol. The minimum atomic E-state index is -0.182. The molecule has 0 fully saturated rings. The summed E-state index contributed by atoms with van der Waals surface area (Å²) in [6.45, 7) is 1.88. The molecule has 1 aromatic carbocycles. The zero-order valence-corrected chi connectivity index (χ0v) is 11.5. The van der Waals surface area contributed by atoms with Crippen LogP contribution < -0.4 is 10.1 Å². The second-order valence-corrected chi connectivity index (χ2v) is 4.29. The average Bonchev–Trinajstić information content (AvgIpc) is 2.45. The Balaban J connectivity index is 2.02. The quantitative estimate of drug-likeness (QED) is 0.867. The molecule has 1 amide bonds. The van der Waals surface area contributed by atoms with Crippen molar-refractivity contribution in [1.29, 1.82) is 0 Å². The third-order valence-corrected chi connectivity index (χ3v) is 2.69. The Labute approximate surface area is 118 Å². The van der Waals surface area contributed by atoms with E-state index in [-0.39, 0.29) is 5.91 Å². The molecule has 1 heterocycles. The molecule has 1 N–H and O–H groups in total. The van der Waals surface area contributed by atoms with Crippen LogP contribution in [0, 0.1) is 6.92 Å². The van der Waals surface area contributed by atoms with Gasteiger partial charge in [-0.05, 0) is 42.8 Å². The minimum Gasteiger partial charge on any atom is -0.497 e. The molecule has 0 radical (unpaired) electrons. The molecule has 0 aliphatic carbocycles. The molecule has 0 aliphatic rings. The summed E-state index contributed by atoms with van der Waals surface area (Å²) in [6.07, 6.45) is 4.90. The number of anilines is 1. The van der Waals surface area contributed by atoms with Crippen LogP contribution in [0.15, 0.2) is 48.7 Å². The lowest BCUT2D eigenvalue weighted by atomic mass is 10.2. The summed E-state index contributed by atoms with van der Waals surface area (Å²) in [5.41, 5.74) is 2.50. The van der Waals surface area contributed by atoms with Gasteiger partial charge in [-0.15, -0.1) is 0 Å². The molecule has 0 saturated heterocycles. The number of methoxy groups -OCH3 is 1. The summed E-state index contributed by atoms with van der Waals surface area (Å²) < 4.78 is 5.13. The summed E-state index contributed by atoms with van der Waals surface area (Å²) in [5.74, 6) is 0.579. The van der Waals surface area contributed by atoms with Gasteiger partial charge in [0.15, 0.2) is 0 Å². The topological polar surface area (TPSA) is 51.2 Å². The second-order valence-electron chi connectivity index (χ2n) is 4.29. The zero-order valence-electron chi connectivity index (χ0n) is 11.5. The lowest BCUT2D eigenvalue weighted by Gasteiger charge is -2.02. The van der Waals surface area contributed by atoms with Gasteiger partial charge in [0.05, 0.1) is 7.11 Å². The van der Waals surface area contributed by atoms with E-state index in [0.717, 1.165) is 22.7 Å². The molecular formula is C16H16N2O2. The van der Waals surface area contributed by atoms with Crippen molar-refractivity contribution >= 4 is 17.7 Å². The fourth-order valence-electron chi connectivity index (χ4n) is 1.72. The van der Waals surface area contributed by atoms with Crippen molar-refractivity contribution in [2.75, 3.05) is 12.4 Å². The van der Waals surface area contributed by atoms with E-state index in [1.807, 2.05) is 37.3 Å². The number of amides is 1. The minimum absolute atomic E-state index is 0.182. The molecule has 20 heavy (non-hydrogen) atoms. The van der Waals surface area contributed by atoms with E-state index in [2.05, 4.69) is 10.3 Å². The highest BCUT2D eigenvalue weighted by Crippen LogP contribution is 2.14. The van der Waals surface area contributed by atoms with E-state index < -0.39 is 0 Å². The average molecular weight is 268 g/mol. The molecular weight excluding hydrogens is 252 g/mol. The van der Waals surface area contributed by atoms with Crippen molar-refractivity contribution in [2.24, 2.45) is 0 Å². The zero-order chi connectivity index (χ0) is 14.4. The van der Waals surface area contributed by atoms with E-state index in [9.17, 15) is 4.79 Å². The highest BCUT2D eigenvalue weighted by atomic mass is 16.5. The van der Waals surface area contributed by atoms with Crippen molar-refractivity contribution in [3.63, 3.8) is 0 Å². The maximum atomic E-state index is 11.8. The molecule has 102 valence electrons. The van der Waals surface area contributed by atoms with Gasteiger partial charge in [-0.2, -0.15) is 0 Å². The van der Waals surface area contributed by atoms with E-state index >= 15 is 0 Å². The number of aryl methyl sites for hydroxylation is 1. The van der Waals surface area contributed by atoms with Gasteiger partial charge in [-0.3, -0.25) is 9.78 Å². The van der Waals surface area contributed by atoms with Crippen LogP contribution in [0.2, 0.25) is 0 Å². The Kier molecular flexibility index (Phi) is 4.50. The van der Waals surface area contributed by atoms with Crippen LogP contribution in [0.4, 0.5) is 5.69 Å². The fourth-order valence-corrected chi connectivity index (χ4v) is 1.72. The molecule has 1 aromatic heterocycles. The Hall–Kier alpha value is -2.62. The smallest absolute Gasteiger partial charge is 0.248 e. The van der Waals surface area contributed by atoms with Crippen molar-refractivity contribution < 1.29 is 9.53 Å². The molecule has 4 nitrogen and oxygen atoms in total. The van der Waals surface area contributed by atoms with Crippen LogP contribution >= 0.6 is 0 Å². The highest BCUT2D eigenvalue weighted by molar-refractivity contribution is 6.01. The SMILES string of the molecule is COc1cccc(/C=C/C(=O)Nc2ccnc(C)c2)c1. The van der Waals surface area contributed by atoms with Crippen LogP contribution in [0.25, 0.3) is 6.08 Å². The Morgan fingerprint density at radius 3 is 2.90 bits per heavy atom. The van der Waals surface area contributed by atoms with Gasteiger partial charge in [0, 0.05) is 23.7 Å². The number of carbonyl (C=O) groups excluding carboxylic acids is 1. The predicted octanol–water partition coefficient (Wildman–Crippen LogP) is 3.05. The summed E-state index contributed by atoms with van der Waals surface area (Å²) in [4.78, 5) is 15.9. The molecule has 0 bridgehead atoms. The number of rotatable bonds is 4. The number of nitrogens with one attached hydrogen (secondary N) is 1. The molecule has 0 atom stereocenters. The molecule has 0 unspecified atom stereocenters. The number of carbonyl (C=O) groups is 1. The summed E-state index contributed by atoms with van der Waals surface area (Å²) in [6, 6.07) is 11.1. The summed E-state index contributed by atoms with van der Waals surface area (Å²) >= 11 is 0. The van der Waals surface area contributed by atoms with Crippen molar-refractivity contribution in [3.05, 3.63) is 59.9 Å². The Bertz CT molecular complexity index is 636. The molecule has 2 aromatic rings. The first-order valence-corrected chi connectivity index (χ1v) is 6.23. The fraction of sp³-hybridized carbons (Fsp3) is 0.125. The van der Waals surface area contributed by atoms with Crippen LogP contribution in [0.3, 0.4) is 0 Å². The monoisotopic (exact) mass is 268 g/mol. The first-order chi connectivity index (χ1) is 9.67. The van der Waals surface area contributed by atoms with Gasteiger partial charge in [-0.1, -0.05) is 12.1 Å². The third kappa shape index (κ3) is 3.95. The standard InChI is InChI=1S/C16H16N2O2/c1-12-10-14(8-9-17-12)18-16(19)7-6-13-4-3-5-15(11-13)20-2/h3-11H,1-2H3,(H,17,18,19)/b7-6+. The number of nitrogens with zero attached hydrogens (tertiary/aromatic N) is 1. The van der Waals surface area contributed by atoms with Gasteiger partial charge < -0.3 is 10.1 Å². The van der Waals surface area contributed by atoms with Crippen LogP contribution in [-0.4, -0.2) is 18.0 Å². The lowest BCUT2D eigenvalue weighted by Crippen LogP contribution is -2.07. The maximum absolute atomic E-state index is 11.8. The molecule has 4 heteroatoms. The lowest BCUT2D eigenvalue weighted by molar-refractivity contribution is -0.111. The number of hydrogen-bond acceptors (Lipinski definition) is 3. The number of benzene rings is 1. The number of hydrogen-bond donors (Lipinski definition) is 1. The van der Waals surface area contributed by atoms with Gasteiger partial charge in [0.2, 0.25) is 5.91 Å². The van der Waals surface area contributed by atoms with E-state index in [1.54, 1.807) is 25.4 Å². The van der Waals surface area contributed by atoms with Gasteiger partial charge in [-0.25, -0.2) is 0 Å². The van der Waals surface area contributed by atoms with Gasteiger partial charge in [0.1, 0.15) is 5.75 Å². The van der Waals surface area contributed by atoms with Crippen LogP contribution in [-0.2, 0) is 4.79 Å². The molecule has 0 aliphatic heterocycles.